The first kappa shape index (κ1) is 21.1. The molecule has 1 atom stereocenters. The summed E-state index contributed by atoms with van der Waals surface area (Å²) in [5, 5.41) is 2.93. The Labute approximate surface area is 162 Å². The minimum atomic E-state index is -3.58. The number of hydrogen-bond acceptors (Lipinski definition) is 3. The first-order valence-electron chi connectivity index (χ1n) is 8.87. The molecule has 2 rings (SSSR count). The molecule has 1 amide bonds. The van der Waals surface area contributed by atoms with Crippen LogP contribution in [0, 0.1) is 0 Å². The van der Waals surface area contributed by atoms with Gasteiger partial charge in [-0.3, -0.25) is 4.79 Å². The molecule has 0 saturated heterocycles. The summed E-state index contributed by atoms with van der Waals surface area (Å²) in [6, 6.07) is 14.1. The van der Waals surface area contributed by atoms with Crippen molar-refractivity contribution in [1.82, 2.24) is 9.62 Å². The smallest absolute Gasteiger partial charge is 0.251 e. The first-order chi connectivity index (χ1) is 12.4. The van der Waals surface area contributed by atoms with Crippen molar-refractivity contribution in [3.8, 4) is 0 Å². The van der Waals surface area contributed by atoms with Gasteiger partial charge in [0.05, 0.1) is 10.9 Å². The zero-order chi connectivity index (χ0) is 20.4. The quantitative estimate of drug-likeness (QED) is 0.849. The monoisotopic (exact) mass is 388 g/mol. The number of hydrogen-bond donors (Lipinski definition) is 1. The highest BCUT2D eigenvalue weighted by Gasteiger charge is 2.20. The lowest BCUT2D eigenvalue weighted by atomic mass is 9.86. The summed E-state index contributed by atoms with van der Waals surface area (Å²) >= 11 is 0. The minimum Gasteiger partial charge on any atom is -0.346 e. The summed E-state index contributed by atoms with van der Waals surface area (Å²) in [5.74, 6) is -0.307. The van der Waals surface area contributed by atoms with Gasteiger partial charge in [-0.2, -0.15) is 0 Å². The van der Waals surface area contributed by atoms with E-state index in [-0.39, 0.29) is 22.3 Å². The van der Waals surface area contributed by atoms with Crippen LogP contribution in [-0.2, 0) is 15.4 Å². The Morgan fingerprint density at radius 2 is 1.63 bits per heavy atom. The Morgan fingerprint density at radius 1 is 1.04 bits per heavy atom. The molecule has 0 aliphatic heterocycles. The van der Waals surface area contributed by atoms with Crippen molar-refractivity contribution in [3.63, 3.8) is 0 Å². The highest BCUT2D eigenvalue weighted by Crippen LogP contribution is 2.24. The Morgan fingerprint density at radius 3 is 2.15 bits per heavy atom. The van der Waals surface area contributed by atoms with E-state index in [9.17, 15) is 13.2 Å². The SMILES string of the molecule is CC(NC(=O)c1cccc(S(=O)(=O)N(C)C)c1)c1ccc(C(C)(C)C)cc1. The van der Waals surface area contributed by atoms with E-state index in [1.807, 2.05) is 19.1 Å². The third-order valence-corrected chi connectivity index (χ3v) is 6.31. The maximum absolute atomic E-state index is 12.6. The molecule has 1 N–H and O–H groups in total. The molecule has 0 radical (unpaired) electrons. The molecule has 6 heteroatoms. The van der Waals surface area contributed by atoms with Gasteiger partial charge < -0.3 is 5.32 Å². The molecule has 2 aromatic rings. The molecule has 1 unspecified atom stereocenters. The summed E-state index contributed by atoms with van der Waals surface area (Å²) < 4.78 is 25.6. The van der Waals surface area contributed by atoms with Crippen LogP contribution in [-0.4, -0.2) is 32.7 Å². The maximum atomic E-state index is 12.6. The van der Waals surface area contributed by atoms with Crippen molar-refractivity contribution in [2.45, 2.75) is 44.0 Å². The zero-order valence-electron chi connectivity index (χ0n) is 16.8. The van der Waals surface area contributed by atoms with Gasteiger partial charge in [0.25, 0.3) is 5.91 Å². The van der Waals surface area contributed by atoms with Crippen LogP contribution in [0.5, 0.6) is 0 Å². The number of nitrogens with one attached hydrogen (secondary N) is 1. The molecule has 0 fully saturated rings. The lowest BCUT2D eigenvalue weighted by molar-refractivity contribution is 0.0939. The lowest BCUT2D eigenvalue weighted by Crippen LogP contribution is -2.27. The molecule has 0 bridgehead atoms. The van der Waals surface area contributed by atoms with Crippen LogP contribution < -0.4 is 5.32 Å². The summed E-state index contributed by atoms with van der Waals surface area (Å²) in [4.78, 5) is 12.7. The molecular weight excluding hydrogens is 360 g/mol. The summed E-state index contributed by atoms with van der Waals surface area (Å²) in [7, 11) is -0.652. The molecule has 0 spiro atoms. The molecule has 0 heterocycles. The Kier molecular flexibility index (Phi) is 6.12. The predicted molar refractivity (Wildman–Crippen MR) is 108 cm³/mol. The third-order valence-electron chi connectivity index (χ3n) is 4.50. The van der Waals surface area contributed by atoms with Crippen molar-refractivity contribution in [2.75, 3.05) is 14.1 Å². The lowest BCUT2D eigenvalue weighted by Gasteiger charge is -2.21. The van der Waals surface area contributed by atoms with Gasteiger partial charge >= 0.3 is 0 Å². The number of carbonyl (C=O) groups excluding carboxylic acids is 1. The molecule has 27 heavy (non-hydrogen) atoms. The molecule has 0 saturated carbocycles. The average molecular weight is 389 g/mol. The van der Waals surface area contributed by atoms with Gasteiger partial charge in [-0.05, 0) is 41.7 Å². The molecule has 2 aromatic carbocycles. The topological polar surface area (TPSA) is 66.5 Å². The van der Waals surface area contributed by atoms with E-state index in [0.717, 1.165) is 9.87 Å². The minimum absolute atomic E-state index is 0.0728. The highest BCUT2D eigenvalue weighted by molar-refractivity contribution is 7.89. The Hall–Kier alpha value is -2.18. The average Bonchev–Trinajstić information content (AvgIpc) is 2.61. The first-order valence-corrected chi connectivity index (χ1v) is 10.3. The maximum Gasteiger partial charge on any atom is 0.251 e. The Bertz CT molecular complexity index is 911. The molecule has 0 aliphatic rings. The Balaban J connectivity index is 2.18. The van der Waals surface area contributed by atoms with Crippen molar-refractivity contribution >= 4 is 15.9 Å². The fourth-order valence-corrected chi connectivity index (χ4v) is 3.59. The van der Waals surface area contributed by atoms with E-state index in [0.29, 0.717) is 5.56 Å². The number of nitrogens with zero attached hydrogens (tertiary/aromatic N) is 1. The van der Waals surface area contributed by atoms with Gasteiger partial charge in [-0.15, -0.1) is 0 Å². The summed E-state index contributed by atoms with van der Waals surface area (Å²) in [5.41, 5.74) is 2.61. The standard InChI is InChI=1S/C21H28N2O3S/c1-15(16-10-12-18(13-11-16)21(2,3)4)22-20(24)17-8-7-9-19(14-17)27(25,26)23(5)6/h7-15H,1-6H3,(H,22,24). The second kappa shape index (κ2) is 7.82. The van der Waals surface area contributed by atoms with E-state index in [1.54, 1.807) is 12.1 Å². The van der Waals surface area contributed by atoms with Gasteiger partial charge in [-0.25, -0.2) is 12.7 Å². The van der Waals surface area contributed by atoms with E-state index >= 15 is 0 Å². The van der Waals surface area contributed by atoms with Crippen LogP contribution in [0.2, 0.25) is 0 Å². The fourth-order valence-electron chi connectivity index (χ4n) is 2.64. The van der Waals surface area contributed by atoms with Crippen molar-refractivity contribution in [1.29, 1.82) is 0 Å². The van der Waals surface area contributed by atoms with Gasteiger partial charge in [-0.1, -0.05) is 51.1 Å². The predicted octanol–water partition coefficient (Wildman–Crippen LogP) is 3.73. The van der Waals surface area contributed by atoms with Crippen molar-refractivity contribution in [3.05, 3.63) is 65.2 Å². The van der Waals surface area contributed by atoms with Crippen LogP contribution in [0.15, 0.2) is 53.4 Å². The van der Waals surface area contributed by atoms with Crippen LogP contribution in [0.3, 0.4) is 0 Å². The molecule has 0 aliphatic carbocycles. The number of carbonyl (C=O) groups is 1. The van der Waals surface area contributed by atoms with Gasteiger partial charge in [0.15, 0.2) is 0 Å². The van der Waals surface area contributed by atoms with E-state index in [2.05, 4.69) is 38.2 Å². The second-order valence-corrected chi connectivity index (χ2v) is 10.0. The molecule has 0 aromatic heterocycles. The van der Waals surface area contributed by atoms with Crippen LogP contribution in [0.25, 0.3) is 0 Å². The van der Waals surface area contributed by atoms with Crippen molar-refractivity contribution in [2.24, 2.45) is 0 Å². The normalized spacial score (nSPS) is 13.4. The largest absolute Gasteiger partial charge is 0.346 e. The number of amides is 1. The van der Waals surface area contributed by atoms with Crippen LogP contribution in [0.1, 0.15) is 55.2 Å². The van der Waals surface area contributed by atoms with Crippen LogP contribution in [0.4, 0.5) is 0 Å². The van der Waals surface area contributed by atoms with E-state index in [4.69, 9.17) is 0 Å². The van der Waals surface area contributed by atoms with E-state index < -0.39 is 10.0 Å². The zero-order valence-corrected chi connectivity index (χ0v) is 17.6. The number of benzene rings is 2. The highest BCUT2D eigenvalue weighted by atomic mass is 32.2. The van der Waals surface area contributed by atoms with E-state index in [1.165, 1.54) is 31.8 Å². The van der Waals surface area contributed by atoms with Crippen molar-refractivity contribution < 1.29 is 13.2 Å². The fraction of sp³-hybridized carbons (Fsp3) is 0.381. The van der Waals surface area contributed by atoms with Gasteiger partial charge in [0.2, 0.25) is 10.0 Å². The number of rotatable bonds is 5. The summed E-state index contributed by atoms with van der Waals surface area (Å²) in [6.45, 7) is 8.37. The van der Waals surface area contributed by atoms with Gasteiger partial charge in [0, 0.05) is 19.7 Å². The second-order valence-electron chi connectivity index (χ2n) is 7.88. The third kappa shape index (κ3) is 4.96. The van der Waals surface area contributed by atoms with Crippen LogP contribution >= 0.6 is 0 Å². The number of sulfonamides is 1. The summed E-state index contributed by atoms with van der Waals surface area (Å²) in [6.07, 6.45) is 0. The molecule has 146 valence electrons. The molecular formula is C21H28N2O3S. The molecule has 5 nitrogen and oxygen atoms in total. The van der Waals surface area contributed by atoms with Gasteiger partial charge in [0.1, 0.15) is 0 Å².